The largest absolute Gasteiger partial charge is 0.341 e. The van der Waals surface area contributed by atoms with E-state index in [-0.39, 0.29) is 36.0 Å². The Morgan fingerprint density at radius 3 is 2.21 bits per heavy atom. The summed E-state index contributed by atoms with van der Waals surface area (Å²) in [5.74, 6) is -0.763. The van der Waals surface area contributed by atoms with Gasteiger partial charge in [-0.05, 0) is 49.6 Å². The van der Waals surface area contributed by atoms with E-state index < -0.39 is 5.54 Å². The fourth-order valence-corrected chi connectivity index (χ4v) is 3.36. The van der Waals surface area contributed by atoms with Crippen molar-refractivity contribution in [2.24, 2.45) is 11.7 Å². The Morgan fingerprint density at radius 1 is 1.07 bits per heavy atom. The van der Waals surface area contributed by atoms with Crippen molar-refractivity contribution < 1.29 is 14.0 Å². The lowest BCUT2D eigenvalue weighted by molar-refractivity contribution is -0.139. The summed E-state index contributed by atoms with van der Waals surface area (Å²) in [7, 11) is 0. The van der Waals surface area contributed by atoms with E-state index in [0.717, 1.165) is 5.56 Å². The van der Waals surface area contributed by atoms with Gasteiger partial charge in [0, 0.05) is 24.7 Å². The van der Waals surface area contributed by atoms with Gasteiger partial charge in [0.15, 0.2) is 0 Å². The van der Waals surface area contributed by atoms with Gasteiger partial charge in [-0.25, -0.2) is 4.39 Å². The highest BCUT2D eigenvalue weighted by atomic mass is 35.5. The highest BCUT2D eigenvalue weighted by Gasteiger charge is 2.37. The monoisotopic (exact) mass is 405 g/mol. The number of nitrogens with zero attached hydrogens (tertiary/aromatic N) is 1. The van der Waals surface area contributed by atoms with Crippen LogP contribution in [0.1, 0.15) is 25.3 Å². The second-order valence-electron chi connectivity index (χ2n) is 7.13. The maximum absolute atomic E-state index is 13.0. The van der Waals surface area contributed by atoms with Gasteiger partial charge >= 0.3 is 0 Å². The first-order chi connectivity index (χ1) is 12.9. The van der Waals surface area contributed by atoms with Gasteiger partial charge in [0.1, 0.15) is 11.4 Å². The molecule has 28 heavy (non-hydrogen) atoms. The number of nitrogens with one attached hydrogen (secondary N) is 1. The van der Waals surface area contributed by atoms with Gasteiger partial charge in [0.25, 0.3) is 0 Å². The van der Waals surface area contributed by atoms with Crippen LogP contribution in [0.4, 0.5) is 10.1 Å². The summed E-state index contributed by atoms with van der Waals surface area (Å²) < 4.78 is 13.0. The molecule has 0 radical (unpaired) electrons. The molecule has 1 unspecified atom stereocenters. The number of hydrogen-bond acceptors (Lipinski definition) is 3. The van der Waals surface area contributed by atoms with Crippen molar-refractivity contribution in [3.05, 3.63) is 66.0 Å². The smallest absolute Gasteiger partial charge is 0.246 e. The predicted molar refractivity (Wildman–Crippen MR) is 110 cm³/mol. The molecule has 3 rings (SSSR count). The standard InChI is InChI=1S/C21H24FN3O2.ClH/c1-21(23,16-5-3-2-4-6-16)20(27)25-13-11-15(12-14-25)19(26)24-18-9-7-17(22)8-10-18;/h2-10,15H,11-14,23H2,1H3,(H,24,26);1H. The zero-order chi connectivity index (χ0) is 19.4. The number of carbonyl (C=O) groups excluding carboxylic acids is 2. The fourth-order valence-electron chi connectivity index (χ4n) is 3.36. The van der Waals surface area contributed by atoms with Gasteiger partial charge in [-0.15, -0.1) is 12.4 Å². The quantitative estimate of drug-likeness (QED) is 0.819. The second-order valence-corrected chi connectivity index (χ2v) is 7.13. The van der Waals surface area contributed by atoms with E-state index in [0.29, 0.717) is 31.6 Å². The van der Waals surface area contributed by atoms with Crippen LogP contribution < -0.4 is 11.1 Å². The van der Waals surface area contributed by atoms with Crippen LogP contribution in [0.5, 0.6) is 0 Å². The summed E-state index contributed by atoms with van der Waals surface area (Å²) in [6.45, 7) is 2.69. The van der Waals surface area contributed by atoms with Crippen molar-refractivity contribution in [1.82, 2.24) is 4.90 Å². The van der Waals surface area contributed by atoms with Crippen molar-refractivity contribution in [3.63, 3.8) is 0 Å². The third-order valence-electron chi connectivity index (χ3n) is 5.08. The van der Waals surface area contributed by atoms with Crippen molar-refractivity contribution in [2.75, 3.05) is 18.4 Å². The number of anilines is 1. The lowest BCUT2D eigenvalue weighted by Crippen LogP contribution is -2.53. The Hall–Kier alpha value is -2.44. The highest BCUT2D eigenvalue weighted by Crippen LogP contribution is 2.25. The van der Waals surface area contributed by atoms with Crippen molar-refractivity contribution in [2.45, 2.75) is 25.3 Å². The first-order valence-corrected chi connectivity index (χ1v) is 9.08. The Labute approximate surface area is 170 Å². The van der Waals surface area contributed by atoms with Crippen molar-refractivity contribution >= 4 is 29.9 Å². The minimum atomic E-state index is -1.09. The van der Waals surface area contributed by atoms with Gasteiger partial charge in [-0.2, -0.15) is 0 Å². The van der Waals surface area contributed by atoms with E-state index in [2.05, 4.69) is 5.32 Å². The number of piperidine rings is 1. The van der Waals surface area contributed by atoms with Crippen LogP contribution in [-0.4, -0.2) is 29.8 Å². The minimum Gasteiger partial charge on any atom is -0.341 e. The van der Waals surface area contributed by atoms with Crippen LogP contribution in [0.2, 0.25) is 0 Å². The molecule has 0 aromatic heterocycles. The predicted octanol–water partition coefficient (Wildman–Crippen LogP) is 3.30. The molecule has 1 heterocycles. The first kappa shape index (κ1) is 21.9. The highest BCUT2D eigenvalue weighted by molar-refractivity contribution is 5.93. The molecule has 0 aliphatic carbocycles. The fraction of sp³-hybridized carbons (Fsp3) is 0.333. The average Bonchev–Trinajstić information content (AvgIpc) is 2.70. The van der Waals surface area contributed by atoms with Crippen LogP contribution in [-0.2, 0) is 15.1 Å². The normalized spacial score (nSPS) is 16.6. The van der Waals surface area contributed by atoms with Crippen molar-refractivity contribution in [1.29, 1.82) is 0 Å². The lowest BCUT2D eigenvalue weighted by atomic mass is 9.89. The van der Waals surface area contributed by atoms with E-state index in [1.165, 1.54) is 24.3 Å². The first-order valence-electron chi connectivity index (χ1n) is 9.08. The number of likely N-dealkylation sites (tertiary alicyclic amines) is 1. The maximum atomic E-state index is 13.0. The second kappa shape index (κ2) is 9.17. The summed E-state index contributed by atoms with van der Waals surface area (Å²) in [5, 5.41) is 2.81. The molecule has 1 aliphatic heterocycles. The van der Waals surface area contributed by atoms with E-state index in [1.54, 1.807) is 11.8 Å². The molecule has 1 aliphatic rings. The molecular weight excluding hydrogens is 381 g/mol. The van der Waals surface area contributed by atoms with Crippen LogP contribution >= 0.6 is 12.4 Å². The zero-order valence-corrected chi connectivity index (χ0v) is 16.5. The van der Waals surface area contributed by atoms with Gasteiger partial charge in [0.05, 0.1) is 0 Å². The van der Waals surface area contributed by atoms with E-state index in [1.807, 2.05) is 30.3 Å². The molecule has 7 heteroatoms. The molecule has 2 aromatic rings. The number of nitrogens with two attached hydrogens (primary N) is 1. The Kier molecular flexibility index (Phi) is 7.16. The summed E-state index contributed by atoms with van der Waals surface area (Å²) in [6.07, 6.45) is 1.15. The number of hydrogen-bond donors (Lipinski definition) is 2. The molecule has 0 bridgehead atoms. The Morgan fingerprint density at radius 2 is 1.64 bits per heavy atom. The van der Waals surface area contributed by atoms with Crippen molar-refractivity contribution in [3.8, 4) is 0 Å². The number of amides is 2. The Bertz CT molecular complexity index is 804. The lowest BCUT2D eigenvalue weighted by Gasteiger charge is -2.36. The molecule has 150 valence electrons. The van der Waals surface area contributed by atoms with Crippen LogP contribution in [0.25, 0.3) is 0 Å². The summed E-state index contributed by atoms with van der Waals surface area (Å²) in [6, 6.07) is 15.0. The van der Waals surface area contributed by atoms with Crippen LogP contribution in [0, 0.1) is 11.7 Å². The molecular formula is C21H25ClFN3O2. The molecule has 2 amide bonds. The van der Waals surface area contributed by atoms with Gasteiger partial charge in [0.2, 0.25) is 11.8 Å². The number of benzene rings is 2. The number of carbonyl (C=O) groups is 2. The van der Waals surface area contributed by atoms with E-state index in [4.69, 9.17) is 5.73 Å². The average molecular weight is 406 g/mol. The Balaban J connectivity index is 0.00000280. The molecule has 0 spiro atoms. The van der Waals surface area contributed by atoms with Gasteiger partial charge < -0.3 is 16.0 Å². The van der Waals surface area contributed by atoms with E-state index >= 15 is 0 Å². The molecule has 2 aromatic carbocycles. The zero-order valence-electron chi connectivity index (χ0n) is 15.7. The maximum Gasteiger partial charge on any atom is 0.246 e. The van der Waals surface area contributed by atoms with Crippen LogP contribution in [0.15, 0.2) is 54.6 Å². The van der Waals surface area contributed by atoms with E-state index in [9.17, 15) is 14.0 Å². The molecule has 0 saturated carbocycles. The van der Waals surface area contributed by atoms with Crippen LogP contribution in [0.3, 0.4) is 0 Å². The van der Waals surface area contributed by atoms with Gasteiger partial charge in [-0.1, -0.05) is 30.3 Å². The third-order valence-corrected chi connectivity index (χ3v) is 5.08. The topological polar surface area (TPSA) is 75.4 Å². The van der Waals surface area contributed by atoms with Gasteiger partial charge in [-0.3, -0.25) is 9.59 Å². The molecule has 5 nitrogen and oxygen atoms in total. The molecule has 3 N–H and O–H groups in total. The molecule has 1 saturated heterocycles. The molecule has 1 fully saturated rings. The minimum absolute atomic E-state index is 0. The third kappa shape index (κ3) is 4.88. The number of rotatable bonds is 4. The summed E-state index contributed by atoms with van der Waals surface area (Å²) in [4.78, 5) is 27.0. The summed E-state index contributed by atoms with van der Waals surface area (Å²) in [5.41, 5.74) is 6.57. The number of halogens is 2. The molecule has 1 atom stereocenters. The SMILES string of the molecule is CC(N)(C(=O)N1CCC(C(=O)Nc2ccc(F)cc2)CC1)c1ccccc1.Cl. The summed E-state index contributed by atoms with van der Waals surface area (Å²) >= 11 is 0.